The van der Waals surface area contributed by atoms with E-state index in [2.05, 4.69) is 23.4 Å². The molecule has 1 spiro atoms. The summed E-state index contributed by atoms with van der Waals surface area (Å²) in [4.78, 5) is 2.67. The highest BCUT2D eigenvalue weighted by atomic mass is 32.2. The molecule has 1 unspecified atom stereocenters. The fraction of sp³-hybridized carbons (Fsp3) is 1.00. The number of hydrogen-bond acceptors (Lipinski definition) is 3. The molecule has 1 aliphatic heterocycles. The summed E-state index contributed by atoms with van der Waals surface area (Å²) in [5, 5.41) is 4.55. The van der Waals surface area contributed by atoms with Crippen molar-refractivity contribution in [2.45, 2.75) is 43.4 Å². The van der Waals surface area contributed by atoms with Crippen LogP contribution in [-0.4, -0.2) is 48.1 Å². The standard InChI is InChI=1S/C12H24N2S/c1-11(15-2)9-14-8-7-13-12(10-14)5-3-4-6-12/h11,13H,3-10H2,1-2H3. The first-order valence-electron chi connectivity index (χ1n) is 6.24. The van der Waals surface area contributed by atoms with E-state index in [1.54, 1.807) is 0 Å². The summed E-state index contributed by atoms with van der Waals surface area (Å²) in [5.41, 5.74) is 0.496. The highest BCUT2D eigenvalue weighted by Crippen LogP contribution is 2.32. The molecular formula is C12H24N2S. The Morgan fingerprint density at radius 3 is 2.80 bits per heavy atom. The number of thioether (sulfide) groups is 1. The van der Waals surface area contributed by atoms with Gasteiger partial charge in [0.25, 0.3) is 0 Å². The molecule has 1 N–H and O–H groups in total. The second-order valence-corrected chi connectivity index (χ2v) is 6.47. The predicted molar refractivity (Wildman–Crippen MR) is 68.6 cm³/mol. The van der Waals surface area contributed by atoms with Crippen LogP contribution in [0.5, 0.6) is 0 Å². The van der Waals surface area contributed by atoms with E-state index in [4.69, 9.17) is 0 Å². The summed E-state index contributed by atoms with van der Waals surface area (Å²) in [5.74, 6) is 0. The van der Waals surface area contributed by atoms with E-state index in [9.17, 15) is 0 Å². The van der Waals surface area contributed by atoms with Gasteiger partial charge in [-0.05, 0) is 19.1 Å². The van der Waals surface area contributed by atoms with E-state index in [0.717, 1.165) is 5.25 Å². The quantitative estimate of drug-likeness (QED) is 0.795. The Hall–Kier alpha value is 0.270. The van der Waals surface area contributed by atoms with Crippen LogP contribution in [0.4, 0.5) is 0 Å². The number of piperazine rings is 1. The van der Waals surface area contributed by atoms with Gasteiger partial charge in [-0.1, -0.05) is 19.8 Å². The molecule has 0 amide bonds. The minimum Gasteiger partial charge on any atom is -0.309 e. The summed E-state index contributed by atoms with van der Waals surface area (Å²) in [6.45, 7) is 7.34. The van der Waals surface area contributed by atoms with Gasteiger partial charge in [-0.25, -0.2) is 0 Å². The molecule has 3 heteroatoms. The van der Waals surface area contributed by atoms with Crippen LogP contribution in [0.25, 0.3) is 0 Å². The predicted octanol–water partition coefficient (Wildman–Crippen LogP) is 1.96. The SMILES string of the molecule is CSC(C)CN1CCNC2(CCCC2)C1. The van der Waals surface area contributed by atoms with Crippen LogP contribution in [0.2, 0.25) is 0 Å². The van der Waals surface area contributed by atoms with Crippen molar-refractivity contribution in [1.29, 1.82) is 0 Å². The Morgan fingerprint density at radius 2 is 2.13 bits per heavy atom. The molecule has 0 aromatic heterocycles. The van der Waals surface area contributed by atoms with Crippen LogP contribution in [0.15, 0.2) is 0 Å². The summed E-state index contributed by atoms with van der Waals surface area (Å²) in [7, 11) is 0. The lowest BCUT2D eigenvalue weighted by Gasteiger charge is -2.42. The van der Waals surface area contributed by atoms with E-state index >= 15 is 0 Å². The fourth-order valence-corrected chi connectivity index (χ4v) is 3.38. The molecule has 0 bridgehead atoms. The second kappa shape index (κ2) is 5.07. The summed E-state index contributed by atoms with van der Waals surface area (Å²) >= 11 is 1.99. The molecule has 1 atom stereocenters. The zero-order valence-corrected chi connectivity index (χ0v) is 10.9. The van der Waals surface area contributed by atoms with E-state index in [0.29, 0.717) is 5.54 Å². The van der Waals surface area contributed by atoms with Crippen molar-refractivity contribution in [2.24, 2.45) is 0 Å². The number of nitrogens with zero attached hydrogens (tertiary/aromatic N) is 1. The minimum absolute atomic E-state index is 0.496. The fourth-order valence-electron chi connectivity index (χ4n) is 3.02. The van der Waals surface area contributed by atoms with Crippen LogP contribution in [0.3, 0.4) is 0 Å². The molecule has 1 aliphatic carbocycles. The van der Waals surface area contributed by atoms with Crippen molar-refractivity contribution in [1.82, 2.24) is 10.2 Å². The van der Waals surface area contributed by atoms with E-state index in [1.807, 2.05) is 11.8 Å². The number of rotatable bonds is 3. The normalized spacial score (nSPS) is 28.4. The van der Waals surface area contributed by atoms with Crippen molar-refractivity contribution in [3.05, 3.63) is 0 Å². The molecule has 2 nitrogen and oxygen atoms in total. The van der Waals surface area contributed by atoms with Gasteiger partial charge in [0.1, 0.15) is 0 Å². The van der Waals surface area contributed by atoms with Crippen molar-refractivity contribution in [3.8, 4) is 0 Å². The van der Waals surface area contributed by atoms with Gasteiger partial charge in [0, 0.05) is 37.0 Å². The Morgan fingerprint density at radius 1 is 1.40 bits per heavy atom. The maximum absolute atomic E-state index is 3.77. The highest BCUT2D eigenvalue weighted by molar-refractivity contribution is 7.99. The lowest BCUT2D eigenvalue weighted by atomic mass is 9.94. The molecule has 15 heavy (non-hydrogen) atoms. The third kappa shape index (κ3) is 2.89. The molecule has 0 aromatic rings. The van der Waals surface area contributed by atoms with E-state index in [-0.39, 0.29) is 0 Å². The molecular weight excluding hydrogens is 204 g/mol. The van der Waals surface area contributed by atoms with Crippen molar-refractivity contribution >= 4 is 11.8 Å². The first kappa shape index (κ1) is 11.7. The molecule has 88 valence electrons. The van der Waals surface area contributed by atoms with Crippen LogP contribution < -0.4 is 5.32 Å². The molecule has 2 rings (SSSR count). The van der Waals surface area contributed by atoms with Crippen LogP contribution in [0, 0.1) is 0 Å². The van der Waals surface area contributed by atoms with Gasteiger partial charge >= 0.3 is 0 Å². The Labute approximate surface area is 98.2 Å². The highest BCUT2D eigenvalue weighted by Gasteiger charge is 2.37. The van der Waals surface area contributed by atoms with Gasteiger partial charge in [-0.2, -0.15) is 11.8 Å². The maximum Gasteiger partial charge on any atom is 0.0309 e. The summed E-state index contributed by atoms with van der Waals surface area (Å²) in [6.07, 6.45) is 7.88. The van der Waals surface area contributed by atoms with Gasteiger partial charge < -0.3 is 5.32 Å². The monoisotopic (exact) mass is 228 g/mol. The molecule has 1 heterocycles. The van der Waals surface area contributed by atoms with Gasteiger partial charge in [0.15, 0.2) is 0 Å². The molecule has 0 radical (unpaired) electrons. The van der Waals surface area contributed by atoms with Crippen molar-refractivity contribution in [3.63, 3.8) is 0 Å². The lowest BCUT2D eigenvalue weighted by molar-refractivity contribution is 0.136. The zero-order valence-electron chi connectivity index (χ0n) is 10.1. The molecule has 1 saturated carbocycles. The number of nitrogens with one attached hydrogen (secondary N) is 1. The van der Waals surface area contributed by atoms with Gasteiger partial charge in [0.2, 0.25) is 0 Å². The Kier molecular flexibility index (Phi) is 3.97. The average molecular weight is 228 g/mol. The minimum atomic E-state index is 0.496. The third-order valence-electron chi connectivity index (χ3n) is 3.93. The topological polar surface area (TPSA) is 15.3 Å². The Bertz CT molecular complexity index is 202. The first-order chi connectivity index (χ1) is 7.24. The largest absolute Gasteiger partial charge is 0.309 e. The summed E-state index contributed by atoms with van der Waals surface area (Å²) in [6, 6.07) is 0. The second-order valence-electron chi connectivity index (χ2n) is 5.20. The summed E-state index contributed by atoms with van der Waals surface area (Å²) < 4.78 is 0. The number of hydrogen-bond donors (Lipinski definition) is 1. The molecule has 2 aliphatic rings. The molecule has 2 fully saturated rings. The first-order valence-corrected chi connectivity index (χ1v) is 7.53. The van der Waals surface area contributed by atoms with Crippen LogP contribution in [-0.2, 0) is 0 Å². The van der Waals surface area contributed by atoms with Crippen molar-refractivity contribution < 1.29 is 0 Å². The van der Waals surface area contributed by atoms with Crippen molar-refractivity contribution in [2.75, 3.05) is 32.4 Å². The maximum atomic E-state index is 3.77. The Balaban J connectivity index is 1.86. The molecule has 0 aromatic carbocycles. The van der Waals surface area contributed by atoms with E-state index in [1.165, 1.54) is 51.9 Å². The lowest BCUT2D eigenvalue weighted by Crippen LogP contribution is -2.59. The van der Waals surface area contributed by atoms with E-state index < -0.39 is 0 Å². The van der Waals surface area contributed by atoms with Gasteiger partial charge in [-0.15, -0.1) is 0 Å². The molecule has 1 saturated heterocycles. The zero-order chi connectivity index (χ0) is 10.7. The smallest absolute Gasteiger partial charge is 0.0309 e. The van der Waals surface area contributed by atoms with Crippen LogP contribution in [0.1, 0.15) is 32.6 Å². The third-order valence-corrected chi connectivity index (χ3v) is 4.89. The average Bonchev–Trinajstić information content (AvgIpc) is 2.66. The van der Waals surface area contributed by atoms with Crippen LogP contribution >= 0.6 is 11.8 Å². The van der Waals surface area contributed by atoms with Gasteiger partial charge in [0.05, 0.1) is 0 Å². The van der Waals surface area contributed by atoms with Gasteiger partial charge in [-0.3, -0.25) is 4.90 Å².